The lowest BCUT2D eigenvalue weighted by atomic mass is 9.96. The molecular formula is C16H26N4. The molecule has 2 fully saturated rings. The smallest absolute Gasteiger partial charge is 0.128 e. The Bertz CT molecular complexity index is 420. The molecule has 0 bridgehead atoms. The summed E-state index contributed by atoms with van der Waals surface area (Å²) < 4.78 is 0. The first-order chi connectivity index (χ1) is 9.85. The molecular weight excluding hydrogens is 248 g/mol. The van der Waals surface area contributed by atoms with Crippen molar-refractivity contribution in [2.45, 2.75) is 32.2 Å². The largest absolute Gasteiger partial charge is 0.357 e. The number of nitrogens with two attached hydrogens (primary N) is 1. The first kappa shape index (κ1) is 13.8. The summed E-state index contributed by atoms with van der Waals surface area (Å²) in [5.74, 6) is 1.98. The van der Waals surface area contributed by atoms with Crippen LogP contribution in [0.1, 0.15) is 31.4 Å². The molecule has 3 heterocycles. The number of nitrogens with zero attached hydrogens (tertiary/aromatic N) is 3. The van der Waals surface area contributed by atoms with Crippen LogP contribution in [0.2, 0.25) is 0 Å². The van der Waals surface area contributed by atoms with Gasteiger partial charge in [-0.05, 0) is 56.8 Å². The molecule has 110 valence electrons. The van der Waals surface area contributed by atoms with Gasteiger partial charge in [-0.1, -0.05) is 6.07 Å². The summed E-state index contributed by atoms with van der Waals surface area (Å²) in [7, 11) is 0. The normalized spacial score (nSPS) is 21.6. The number of hydrogen-bond acceptors (Lipinski definition) is 4. The Morgan fingerprint density at radius 1 is 1.10 bits per heavy atom. The van der Waals surface area contributed by atoms with E-state index in [1.807, 2.05) is 6.07 Å². The van der Waals surface area contributed by atoms with E-state index in [9.17, 15) is 0 Å². The molecule has 1 aromatic rings. The van der Waals surface area contributed by atoms with Crippen LogP contribution in [0, 0.1) is 5.92 Å². The molecule has 2 saturated heterocycles. The van der Waals surface area contributed by atoms with E-state index in [0.29, 0.717) is 6.54 Å². The first-order valence-electron chi connectivity index (χ1n) is 7.98. The molecule has 1 aromatic heterocycles. The minimum Gasteiger partial charge on any atom is -0.357 e. The highest BCUT2D eigenvalue weighted by atomic mass is 15.2. The van der Waals surface area contributed by atoms with Crippen LogP contribution in [-0.2, 0) is 6.54 Å². The lowest BCUT2D eigenvalue weighted by molar-refractivity contribution is 0.249. The predicted molar refractivity (Wildman–Crippen MR) is 82.7 cm³/mol. The van der Waals surface area contributed by atoms with E-state index in [1.165, 1.54) is 45.3 Å². The van der Waals surface area contributed by atoms with Crippen molar-refractivity contribution in [1.82, 2.24) is 9.88 Å². The van der Waals surface area contributed by atoms with Crippen molar-refractivity contribution in [2.24, 2.45) is 11.7 Å². The Morgan fingerprint density at radius 2 is 1.85 bits per heavy atom. The van der Waals surface area contributed by atoms with E-state index in [-0.39, 0.29) is 0 Å². The summed E-state index contributed by atoms with van der Waals surface area (Å²) in [6.45, 7) is 6.75. The highest BCUT2D eigenvalue weighted by Gasteiger charge is 2.23. The van der Waals surface area contributed by atoms with E-state index >= 15 is 0 Å². The van der Waals surface area contributed by atoms with E-state index in [2.05, 4.69) is 26.9 Å². The second-order valence-electron chi connectivity index (χ2n) is 6.13. The van der Waals surface area contributed by atoms with Gasteiger partial charge in [0.15, 0.2) is 0 Å². The summed E-state index contributed by atoms with van der Waals surface area (Å²) in [5, 5.41) is 0. The fraction of sp³-hybridized carbons (Fsp3) is 0.688. The minimum atomic E-state index is 0.527. The van der Waals surface area contributed by atoms with E-state index in [1.54, 1.807) is 0 Å². The zero-order chi connectivity index (χ0) is 13.8. The number of piperidine rings is 1. The van der Waals surface area contributed by atoms with E-state index < -0.39 is 0 Å². The molecule has 3 rings (SSSR count). The zero-order valence-corrected chi connectivity index (χ0v) is 12.3. The topological polar surface area (TPSA) is 45.4 Å². The number of anilines is 1. The van der Waals surface area contributed by atoms with Crippen LogP contribution in [-0.4, -0.2) is 42.6 Å². The molecule has 0 spiro atoms. The lowest BCUT2D eigenvalue weighted by Crippen LogP contribution is -2.38. The molecule has 0 unspecified atom stereocenters. The van der Waals surface area contributed by atoms with Gasteiger partial charge in [-0.3, -0.25) is 0 Å². The zero-order valence-electron chi connectivity index (χ0n) is 12.3. The van der Waals surface area contributed by atoms with Crippen molar-refractivity contribution < 1.29 is 0 Å². The van der Waals surface area contributed by atoms with Crippen molar-refractivity contribution in [3.8, 4) is 0 Å². The molecule has 0 aliphatic carbocycles. The van der Waals surface area contributed by atoms with Crippen molar-refractivity contribution >= 4 is 5.82 Å². The molecule has 2 N–H and O–H groups in total. The molecule has 0 aromatic carbocycles. The second-order valence-corrected chi connectivity index (χ2v) is 6.13. The van der Waals surface area contributed by atoms with Gasteiger partial charge in [0.05, 0.1) is 5.69 Å². The summed E-state index contributed by atoms with van der Waals surface area (Å²) in [5.41, 5.74) is 6.66. The Kier molecular flexibility index (Phi) is 4.53. The van der Waals surface area contributed by atoms with Crippen LogP contribution in [0.15, 0.2) is 18.2 Å². The fourth-order valence-electron chi connectivity index (χ4n) is 3.43. The van der Waals surface area contributed by atoms with Crippen molar-refractivity contribution in [1.29, 1.82) is 0 Å². The minimum absolute atomic E-state index is 0.527. The molecule has 0 radical (unpaired) electrons. The predicted octanol–water partition coefficient (Wildman–Crippen LogP) is 1.85. The van der Waals surface area contributed by atoms with Gasteiger partial charge in [-0.25, -0.2) is 4.98 Å². The van der Waals surface area contributed by atoms with Gasteiger partial charge in [0, 0.05) is 26.2 Å². The van der Waals surface area contributed by atoms with Crippen LogP contribution in [0.25, 0.3) is 0 Å². The maximum atomic E-state index is 5.68. The average Bonchev–Trinajstić information content (AvgIpc) is 3.01. The quantitative estimate of drug-likeness (QED) is 0.910. The molecule has 2 aliphatic rings. The van der Waals surface area contributed by atoms with Gasteiger partial charge in [-0.2, -0.15) is 0 Å². The summed E-state index contributed by atoms with van der Waals surface area (Å²) in [6, 6.07) is 6.18. The standard InChI is InChI=1S/C16H26N4/c17-12-15-4-3-5-16(18-15)20-10-6-14(7-11-20)13-19-8-1-2-9-19/h3-5,14H,1-2,6-13,17H2. The molecule has 0 atom stereocenters. The molecule has 20 heavy (non-hydrogen) atoms. The van der Waals surface area contributed by atoms with Crippen LogP contribution in [0.4, 0.5) is 5.82 Å². The third-order valence-electron chi connectivity index (χ3n) is 4.65. The summed E-state index contributed by atoms with van der Waals surface area (Å²) >= 11 is 0. The maximum absolute atomic E-state index is 5.68. The van der Waals surface area contributed by atoms with Gasteiger partial charge < -0.3 is 15.5 Å². The second kappa shape index (κ2) is 6.55. The third-order valence-corrected chi connectivity index (χ3v) is 4.65. The highest BCUT2D eigenvalue weighted by molar-refractivity contribution is 5.39. The fourth-order valence-corrected chi connectivity index (χ4v) is 3.43. The first-order valence-corrected chi connectivity index (χ1v) is 7.98. The summed E-state index contributed by atoms with van der Waals surface area (Å²) in [4.78, 5) is 9.70. The summed E-state index contributed by atoms with van der Waals surface area (Å²) in [6.07, 6.45) is 5.39. The van der Waals surface area contributed by atoms with Gasteiger partial charge >= 0.3 is 0 Å². The number of aromatic nitrogens is 1. The Hall–Kier alpha value is -1.13. The molecule has 0 saturated carbocycles. The number of hydrogen-bond donors (Lipinski definition) is 1. The number of rotatable bonds is 4. The molecule has 4 heteroatoms. The van der Waals surface area contributed by atoms with Gasteiger partial charge in [-0.15, -0.1) is 0 Å². The van der Waals surface area contributed by atoms with Crippen molar-refractivity contribution in [3.05, 3.63) is 23.9 Å². The lowest BCUT2D eigenvalue weighted by Gasteiger charge is -2.34. The average molecular weight is 274 g/mol. The van der Waals surface area contributed by atoms with E-state index in [0.717, 1.165) is 30.5 Å². The Morgan fingerprint density at radius 3 is 2.55 bits per heavy atom. The third kappa shape index (κ3) is 3.30. The molecule has 4 nitrogen and oxygen atoms in total. The maximum Gasteiger partial charge on any atom is 0.128 e. The Balaban J connectivity index is 1.52. The van der Waals surface area contributed by atoms with E-state index in [4.69, 9.17) is 5.73 Å². The van der Waals surface area contributed by atoms with Crippen LogP contribution < -0.4 is 10.6 Å². The SMILES string of the molecule is NCc1cccc(N2CCC(CN3CCCC3)CC2)n1. The van der Waals surface area contributed by atoms with Crippen LogP contribution >= 0.6 is 0 Å². The van der Waals surface area contributed by atoms with Crippen LogP contribution in [0.3, 0.4) is 0 Å². The highest BCUT2D eigenvalue weighted by Crippen LogP contribution is 2.23. The number of pyridine rings is 1. The molecule has 0 amide bonds. The monoisotopic (exact) mass is 274 g/mol. The van der Waals surface area contributed by atoms with Gasteiger partial charge in [0.25, 0.3) is 0 Å². The van der Waals surface area contributed by atoms with Crippen molar-refractivity contribution in [3.63, 3.8) is 0 Å². The Labute approximate surface area is 122 Å². The number of likely N-dealkylation sites (tertiary alicyclic amines) is 1. The molecule has 2 aliphatic heterocycles. The van der Waals surface area contributed by atoms with Gasteiger partial charge in [0.2, 0.25) is 0 Å². The van der Waals surface area contributed by atoms with Gasteiger partial charge in [0.1, 0.15) is 5.82 Å². The van der Waals surface area contributed by atoms with Crippen LogP contribution in [0.5, 0.6) is 0 Å². The van der Waals surface area contributed by atoms with Crippen molar-refractivity contribution in [2.75, 3.05) is 37.6 Å².